The summed E-state index contributed by atoms with van der Waals surface area (Å²) in [5.74, 6) is 0.645. The molecule has 0 N–H and O–H groups in total. The third-order valence-electron chi connectivity index (χ3n) is 4.16. The minimum Gasteiger partial charge on any atom is -0.0925 e. The number of halogens is 1. The van der Waals surface area contributed by atoms with Crippen LogP contribution in [0.25, 0.3) is 0 Å². The van der Waals surface area contributed by atoms with Gasteiger partial charge in [0.15, 0.2) is 0 Å². The van der Waals surface area contributed by atoms with Crippen molar-refractivity contribution in [3.63, 3.8) is 0 Å². The van der Waals surface area contributed by atoms with Gasteiger partial charge in [0.1, 0.15) is 0 Å². The fourth-order valence-electron chi connectivity index (χ4n) is 3.17. The summed E-state index contributed by atoms with van der Waals surface area (Å²) in [6, 6.07) is 13.5. The monoisotopic (exact) mass is 344 g/mol. The molecule has 1 atom stereocenters. The zero-order valence-corrected chi connectivity index (χ0v) is 15.1. The molecule has 0 aliphatic carbocycles. The molecule has 0 aliphatic heterocycles. The largest absolute Gasteiger partial charge is 0.0925 e. The fourth-order valence-corrected chi connectivity index (χ4v) is 3.63. The van der Waals surface area contributed by atoms with Gasteiger partial charge in [0.2, 0.25) is 0 Å². The minimum atomic E-state index is 0.645. The molecule has 2 aromatic rings. The van der Waals surface area contributed by atoms with E-state index in [1.807, 2.05) is 0 Å². The summed E-state index contributed by atoms with van der Waals surface area (Å²) >= 11 is 3.71. The quantitative estimate of drug-likeness (QED) is 0.608. The van der Waals surface area contributed by atoms with Gasteiger partial charge in [-0.15, -0.1) is 0 Å². The first kappa shape index (κ1) is 16.3. The highest BCUT2D eigenvalue weighted by atomic mass is 79.9. The van der Waals surface area contributed by atoms with Gasteiger partial charge in [-0.05, 0) is 68.7 Å². The van der Waals surface area contributed by atoms with E-state index in [9.17, 15) is 0 Å². The van der Waals surface area contributed by atoms with Crippen LogP contribution in [-0.4, -0.2) is 5.33 Å². The molecule has 21 heavy (non-hydrogen) atoms. The minimum absolute atomic E-state index is 0.645. The van der Waals surface area contributed by atoms with E-state index in [0.29, 0.717) is 5.92 Å². The maximum Gasteiger partial charge on any atom is 0.00660 e. The van der Waals surface area contributed by atoms with Gasteiger partial charge < -0.3 is 0 Å². The molecule has 0 aromatic heterocycles. The van der Waals surface area contributed by atoms with Crippen LogP contribution in [0.5, 0.6) is 0 Å². The van der Waals surface area contributed by atoms with Crippen molar-refractivity contribution in [3.8, 4) is 0 Å². The van der Waals surface area contributed by atoms with E-state index in [-0.39, 0.29) is 0 Å². The van der Waals surface area contributed by atoms with Crippen molar-refractivity contribution in [1.29, 1.82) is 0 Å². The van der Waals surface area contributed by atoms with Crippen LogP contribution >= 0.6 is 15.9 Å². The summed E-state index contributed by atoms with van der Waals surface area (Å²) in [5.41, 5.74) is 8.55. The Bertz CT molecular complexity index is 590. The molecular formula is C20H25Br. The van der Waals surface area contributed by atoms with E-state index in [4.69, 9.17) is 0 Å². The van der Waals surface area contributed by atoms with Crippen molar-refractivity contribution in [3.05, 3.63) is 69.8 Å². The lowest BCUT2D eigenvalue weighted by atomic mass is 9.89. The van der Waals surface area contributed by atoms with Gasteiger partial charge in [-0.25, -0.2) is 0 Å². The predicted molar refractivity (Wildman–Crippen MR) is 96.5 cm³/mol. The van der Waals surface area contributed by atoms with Crippen LogP contribution in [0.4, 0.5) is 0 Å². The lowest BCUT2D eigenvalue weighted by Gasteiger charge is -2.18. The van der Waals surface area contributed by atoms with Crippen molar-refractivity contribution >= 4 is 15.9 Å². The van der Waals surface area contributed by atoms with E-state index in [2.05, 4.69) is 80.0 Å². The Balaban J connectivity index is 2.16. The van der Waals surface area contributed by atoms with E-state index < -0.39 is 0 Å². The van der Waals surface area contributed by atoms with E-state index in [1.54, 1.807) is 0 Å². The zero-order chi connectivity index (χ0) is 15.4. The maximum absolute atomic E-state index is 3.71. The number of hydrogen-bond acceptors (Lipinski definition) is 0. The SMILES string of the molecule is Cc1cccc(CC(CBr)Cc2c(C)cc(C)cc2C)c1. The molecule has 0 heterocycles. The van der Waals surface area contributed by atoms with Crippen LogP contribution in [0.2, 0.25) is 0 Å². The highest BCUT2D eigenvalue weighted by molar-refractivity contribution is 9.09. The van der Waals surface area contributed by atoms with Crippen molar-refractivity contribution in [2.75, 3.05) is 5.33 Å². The first-order valence-corrected chi connectivity index (χ1v) is 8.80. The number of benzene rings is 2. The summed E-state index contributed by atoms with van der Waals surface area (Å²) in [6.45, 7) is 8.83. The van der Waals surface area contributed by atoms with Crippen molar-refractivity contribution < 1.29 is 0 Å². The number of aryl methyl sites for hydroxylation is 4. The first-order chi connectivity index (χ1) is 9.99. The molecule has 0 aliphatic rings. The number of rotatable bonds is 5. The van der Waals surface area contributed by atoms with Gasteiger partial charge in [0.25, 0.3) is 0 Å². The summed E-state index contributed by atoms with van der Waals surface area (Å²) < 4.78 is 0. The summed E-state index contributed by atoms with van der Waals surface area (Å²) in [7, 11) is 0. The molecule has 112 valence electrons. The van der Waals surface area contributed by atoms with E-state index >= 15 is 0 Å². The van der Waals surface area contributed by atoms with Crippen LogP contribution in [0.3, 0.4) is 0 Å². The van der Waals surface area contributed by atoms with E-state index in [1.165, 1.54) is 33.4 Å². The molecule has 2 aromatic carbocycles. The highest BCUT2D eigenvalue weighted by Crippen LogP contribution is 2.23. The lowest BCUT2D eigenvalue weighted by Crippen LogP contribution is -2.12. The van der Waals surface area contributed by atoms with Gasteiger partial charge >= 0.3 is 0 Å². The van der Waals surface area contributed by atoms with Crippen LogP contribution in [0, 0.1) is 33.6 Å². The van der Waals surface area contributed by atoms with Crippen LogP contribution in [0.15, 0.2) is 36.4 Å². The van der Waals surface area contributed by atoms with Gasteiger partial charge in [0.05, 0.1) is 0 Å². The second-order valence-corrected chi connectivity index (χ2v) is 6.94. The molecule has 0 radical (unpaired) electrons. The standard InChI is InChI=1S/C20H25Br/c1-14-6-5-7-18(10-14)11-19(13-21)12-20-16(3)8-15(2)9-17(20)4/h5-10,19H,11-13H2,1-4H3. The number of hydrogen-bond donors (Lipinski definition) is 0. The average Bonchev–Trinajstić information content (AvgIpc) is 2.41. The molecule has 0 saturated carbocycles. The maximum atomic E-state index is 3.71. The molecule has 2 rings (SSSR count). The number of alkyl halides is 1. The third kappa shape index (κ3) is 4.44. The fraction of sp³-hybridized carbons (Fsp3) is 0.400. The lowest BCUT2D eigenvalue weighted by molar-refractivity contribution is 0.587. The van der Waals surface area contributed by atoms with Gasteiger partial charge in [-0.1, -0.05) is 63.5 Å². The van der Waals surface area contributed by atoms with Crippen molar-refractivity contribution in [2.24, 2.45) is 5.92 Å². The van der Waals surface area contributed by atoms with Gasteiger partial charge in [0, 0.05) is 5.33 Å². The second-order valence-electron chi connectivity index (χ2n) is 6.29. The smallest absolute Gasteiger partial charge is 0.00660 e. The predicted octanol–water partition coefficient (Wildman–Crippen LogP) is 5.72. The molecule has 1 unspecified atom stereocenters. The topological polar surface area (TPSA) is 0 Å². The van der Waals surface area contributed by atoms with Gasteiger partial charge in [-0.2, -0.15) is 0 Å². The van der Waals surface area contributed by atoms with Crippen LogP contribution in [0.1, 0.15) is 33.4 Å². The molecule has 0 saturated heterocycles. The van der Waals surface area contributed by atoms with Gasteiger partial charge in [-0.3, -0.25) is 0 Å². The molecule has 0 spiro atoms. The van der Waals surface area contributed by atoms with Crippen LogP contribution in [-0.2, 0) is 12.8 Å². The zero-order valence-electron chi connectivity index (χ0n) is 13.5. The second kappa shape index (κ2) is 7.26. The Morgan fingerprint density at radius 3 is 2.10 bits per heavy atom. The Morgan fingerprint density at radius 1 is 0.857 bits per heavy atom. The first-order valence-electron chi connectivity index (χ1n) is 7.68. The normalized spacial score (nSPS) is 12.4. The van der Waals surface area contributed by atoms with Crippen LogP contribution < -0.4 is 0 Å². The van der Waals surface area contributed by atoms with Crippen molar-refractivity contribution in [1.82, 2.24) is 0 Å². The summed E-state index contributed by atoms with van der Waals surface area (Å²) in [4.78, 5) is 0. The highest BCUT2D eigenvalue weighted by Gasteiger charge is 2.13. The molecule has 0 fully saturated rings. The molecule has 1 heteroatoms. The van der Waals surface area contributed by atoms with Crippen molar-refractivity contribution in [2.45, 2.75) is 40.5 Å². The van der Waals surface area contributed by atoms with E-state index in [0.717, 1.165) is 18.2 Å². The molecule has 0 nitrogen and oxygen atoms in total. The summed E-state index contributed by atoms with van der Waals surface area (Å²) in [6.07, 6.45) is 2.29. The molecular weight excluding hydrogens is 320 g/mol. The Kier molecular flexibility index (Phi) is 5.64. The molecule has 0 amide bonds. The molecule has 0 bridgehead atoms. The Hall–Kier alpha value is -1.08. The Morgan fingerprint density at radius 2 is 1.52 bits per heavy atom. The Labute approximate surface area is 137 Å². The summed E-state index contributed by atoms with van der Waals surface area (Å²) in [5, 5.41) is 1.05. The average molecular weight is 345 g/mol. The third-order valence-corrected chi connectivity index (χ3v) is 5.07.